The lowest BCUT2D eigenvalue weighted by molar-refractivity contribution is -0.390. The molecule has 0 aliphatic heterocycles. The van der Waals surface area contributed by atoms with E-state index in [9.17, 15) is 27.7 Å². The Bertz CT molecular complexity index is 460. The van der Waals surface area contributed by atoms with E-state index in [2.05, 4.69) is 0 Å². The van der Waals surface area contributed by atoms with Crippen molar-refractivity contribution in [3.8, 4) is 0 Å². The summed E-state index contributed by atoms with van der Waals surface area (Å²) in [4.78, 5) is 9.88. The van der Waals surface area contributed by atoms with Crippen molar-refractivity contribution < 1.29 is 22.5 Å². The molecule has 0 fully saturated rings. The quantitative estimate of drug-likeness (QED) is 0.364. The highest BCUT2D eigenvalue weighted by Gasteiger charge is 2.34. The summed E-state index contributed by atoms with van der Waals surface area (Å²) in [7, 11) is 0. The smallest absolute Gasteiger partial charge is 0.346 e. The molecule has 18 heavy (non-hydrogen) atoms. The van der Waals surface area contributed by atoms with Gasteiger partial charge >= 0.3 is 5.69 Å². The summed E-state index contributed by atoms with van der Waals surface area (Å²) in [6.45, 7) is 3.25. The predicted octanol–water partition coefficient (Wildman–Crippen LogP) is 3.00. The Morgan fingerprint density at radius 1 is 1.00 bits per heavy atom. The van der Waals surface area contributed by atoms with Crippen molar-refractivity contribution in [2.45, 2.75) is 13.8 Å². The molecule has 0 N–H and O–H groups in total. The first-order chi connectivity index (χ1) is 8.36. The van der Waals surface area contributed by atoms with Gasteiger partial charge in [0.1, 0.15) is 5.69 Å². The number of nitrogens with zero attached hydrogens (tertiary/aromatic N) is 2. The van der Waals surface area contributed by atoms with Crippen molar-refractivity contribution in [2.24, 2.45) is 0 Å². The van der Waals surface area contributed by atoms with Crippen LogP contribution in [0.3, 0.4) is 0 Å². The van der Waals surface area contributed by atoms with Crippen LogP contribution >= 0.6 is 0 Å². The first-order valence-corrected chi connectivity index (χ1v) is 5.11. The van der Waals surface area contributed by atoms with Crippen LogP contribution in [0.1, 0.15) is 13.8 Å². The lowest BCUT2D eigenvalue weighted by atomic mass is 10.2. The summed E-state index contributed by atoms with van der Waals surface area (Å²) in [5.74, 6) is -7.52. The fourth-order valence-corrected chi connectivity index (χ4v) is 1.59. The number of anilines is 1. The van der Waals surface area contributed by atoms with Crippen molar-refractivity contribution in [1.82, 2.24) is 0 Å². The number of hydrogen-bond acceptors (Lipinski definition) is 3. The van der Waals surface area contributed by atoms with Gasteiger partial charge in [-0.05, 0) is 13.8 Å². The number of nitro benzene ring substituents is 1. The van der Waals surface area contributed by atoms with Crippen molar-refractivity contribution in [3.63, 3.8) is 0 Å². The maximum atomic E-state index is 13.6. The van der Waals surface area contributed by atoms with Gasteiger partial charge in [0.15, 0.2) is 11.6 Å². The molecule has 0 unspecified atom stereocenters. The second-order valence-corrected chi connectivity index (χ2v) is 3.38. The van der Waals surface area contributed by atoms with Gasteiger partial charge in [-0.3, -0.25) is 10.1 Å². The third kappa shape index (κ3) is 2.09. The topological polar surface area (TPSA) is 46.4 Å². The van der Waals surface area contributed by atoms with E-state index >= 15 is 0 Å². The van der Waals surface area contributed by atoms with Crippen LogP contribution in [0.15, 0.2) is 0 Å². The highest BCUT2D eigenvalue weighted by Crippen LogP contribution is 2.34. The van der Waals surface area contributed by atoms with Gasteiger partial charge in [0.05, 0.1) is 4.92 Å². The Morgan fingerprint density at radius 2 is 1.39 bits per heavy atom. The molecule has 1 rings (SSSR count). The van der Waals surface area contributed by atoms with E-state index in [1.165, 1.54) is 13.8 Å². The summed E-state index contributed by atoms with van der Waals surface area (Å²) in [5.41, 5.74) is -2.75. The Labute approximate surface area is 100.0 Å². The summed E-state index contributed by atoms with van der Waals surface area (Å²) >= 11 is 0. The molecule has 0 radical (unpaired) electrons. The number of halogens is 4. The SMILES string of the molecule is CCN(CC)c1c(F)c(F)c([N+](=O)[O-])c(F)c1F. The van der Waals surface area contributed by atoms with Crippen molar-refractivity contribution in [1.29, 1.82) is 0 Å². The Balaban J connectivity index is 3.63. The molecule has 100 valence electrons. The summed E-state index contributed by atoms with van der Waals surface area (Å²) in [6, 6.07) is 0. The molecule has 0 atom stereocenters. The van der Waals surface area contributed by atoms with Crippen LogP contribution in [0.4, 0.5) is 28.9 Å². The maximum absolute atomic E-state index is 13.6. The molecule has 0 amide bonds. The number of rotatable bonds is 4. The van der Waals surface area contributed by atoms with E-state index in [0.717, 1.165) is 4.90 Å². The number of benzene rings is 1. The van der Waals surface area contributed by atoms with Crippen LogP contribution in [0.5, 0.6) is 0 Å². The molecule has 1 aromatic rings. The number of nitro groups is 1. The van der Waals surface area contributed by atoms with Crippen LogP contribution in [0.25, 0.3) is 0 Å². The first kappa shape index (κ1) is 14.2. The van der Waals surface area contributed by atoms with Crippen LogP contribution < -0.4 is 4.90 Å². The minimum Gasteiger partial charge on any atom is -0.367 e. The molecule has 0 aromatic heterocycles. The minimum atomic E-state index is -2.00. The average molecular weight is 266 g/mol. The van der Waals surface area contributed by atoms with E-state index < -0.39 is 39.6 Å². The zero-order valence-corrected chi connectivity index (χ0v) is 9.64. The van der Waals surface area contributed by atoms with Gasteiger partial charge in [-0.1, -0.05) is 0 Å². The molecule has 0 aliphatic carbocycles. The summed E-state index contributed by atoms with van der Waals surface area (Å²) in [6.07, 6.45) is 0. The lowest BCUT2D eigenvalue weighted by Gasteiger charge is -2.22. The standard InChI is InChI=1S/C10H10F4N2O2/c1-3-15(4-2)9-5(11)7(13)10(16(17)18)8(14)6(9)12/h3-4H2,1-2H3. The van der Waals surface area contributed by atoms with Gasteiger partial charge < -0.3 is 4.90 Å². The monoisotopic (exact) mass is 266 g/mol. The fraction of sp³-hybridized carbons (Fsp3) is 0.400. The van der Waals surface area contributed by atoms with Gasteiger partial charge in [0.2, 0.25) is 11.6 Å². The van der Waals surface area contributed by atoms with Crippen LogP contribution in [-0.2, 0) is 0 Å². The molecular formula is C10H10F4N2O2. The lowest BCUT2D eigenvalue weighted by Crippen LogP contribution is -2.25. The van der Waals surface area contributed by atoms with E-state index in [0.29, 0.717) is 0 Å². The molecule has 0 spiro atoms. The van der Waals surface area contributed by atoms with Gasteiger partial charge in [0.25, 0.3) is 0 Å². The van der Waals surface area contributed by atoms with Gasteiger partial charge in [-0.25, -0.2) is 8.78 Å². The van der Waals surface area contributed by atoms with Crippen molar-refractivity contribution in [3.05, 3.63) is 33.4 Å². The highest BCUT2D eigenvalue weighted by molar-refractivity contribution is 5.55. The van der Waals surface area contributed by atoms with Crippen LogP contribution in [0, 0.1) is 33.4 Å². The van der Waals surface area contributed by atoms with E-state index in [4.69, 9.17) is 0 Å². The normalized spacial score (nSPS) is 10.6. The Morgan fingerprint density at radius 3 is 1.67 bits per heavy atom. The molecule has 8 heteroatoms. The summed E-state index contributed by atoms with van der Waals surface area (Å²) in [5, 5.41) is 10.3. The molecule has 1 aromatic carbocycles. The molecule has 0 aliphatic rings. The van der Waals surface area contributed by atoms with Gasteiger partial charge in [-0.2, -0.15) is 8.78 Å². The molecule has 0 heterocycles. The molecule has 0 saturated carbocycles. The second kappa shape index (κ2) is 5.19. The van der Waals surface area contributed by atoms with E-state index in [1.807, 2.05) is 0 Å². The zero-order valence-electron chi connectivity index (χ0n) is 9.64. The average Bonchev–Trinajstić information content (AvgIpc) is 2.32. The summed E-state index contributed by atoms with van der Waals surface area (Å²) < 4.78 is 53.8. The molecule has 0 bridgehead atoms. The third-order valence-electron chi connectivity index (χ3n) is 2.48. The predicted molar refractivity (Wildman–Crippen MR) is 56.5 cm³/mol. The third-order valence-corrected chi connectivity index (χ3v) is 2.48. The van der Waals surface area contributed by atoms with Gasteiger partial charge in [-0.15, -0.1) is 0 Å². The fourth-order valence-electron chi connectivity index (χ4n) is 1.59. The van der Waals surface area contributed by atoms with Crippen molar-refractivity contribution in [2.75, 3.05) is 18.0 Å². The Hall–Kier alpha value is -1.86. The van der Waals surface area contributed by atoms with Gasteiger partial charge in [0, 0.05) is 13.1 Å². The Kier molecular flexibility index (Phi) is 4.10. The highest BCUT2D eigenvalue weighted by atomic mass is 19.2. The first-order valence-electron chi connectivity index (χ1n) is 5.11. The molecular weight excluding hydrogens is 256 g/mol. The number of hydrogen-bond donors (Lipinski definition) is 0. The molecule has 4 nitrogen and oxygen atoms in total. The second-order valence-electron chi connectivity index (χ2n) is 3.38. The van der Waals surface area contributed by atoms with E-state index in [1.54, 1.807) is 0 Å². The van der Waals surface area contributed by atoms with Crippen molar-refractivity contribution >= 4 is 11.4 Å². The minimum absolute atomic E-state index is 0.0982. The zero-order chi connectivity index (χ0) is 14.0. The van der Waals surface area contributed by atoms with Crippen LogP contribution in [0.2, 0.25) is 0 Å². The molecule has 0 saturated heterocycles. The largest absolute Gasteiger partial charge is 0.367 e. The van der Waals surface area contributed by atoms with E-state index in [-0.39, 0.29) is 13.1 Å². The van der Waals surface area contributed by atoms with Crippen LogP contribution in [-0.4, -0.2) is 18.0 Å². The maximum Gasteiger partial charge on any atom is 0.346 e.